The lowest BCUT2D eigenvalue weighted by Gasteiger charge is -2.46. The van der Waals surface area contributed by atoms with Gasteiger partial charge in [0, 0.05) is 19.1 Å². The van der Waals surface area contributed by atoms with E-state index in [-0.39, 0.29) is 5.56 Å². The van der Waals surface area contributed by atoms with Crippen LogP contribution in [0.15, 0.2) is 12.3 Å². The Labute approximate surface area is 118 Å². The smallest absolute Gasteiger partial charge is 0.339 e. The van der Waals surface area contributed by atoms with E-state index in [0.29, 0.717) is 17.8 Å². The first-order valence-electron chi connectivity index (χ1n) is 7.17. The number of aromatic nitrogens is 2. The van der Waals surface area contributed by atoms with Crippen LogP contribution in [0.5, 0.6) is 0 Å². The maximum Gasteiger partial charge on any atom is 0.339 e. The van der Waals surface area contributed by atoms with E-state index in [1.165, 1.54) is 31.6 Å². The average Bonchev–Trinajstić information content (AvgIpc) is 2.47. The molecular weight excluding hydrogens is 256 g/mol. The number of rotatable bonds is 2. The van der Waals surface area contributed by atoms with Crippen LogP contribution in [0.25, 0.3) is 0 Å². The van der Waals surface area contributed by atoms with Crippen molar-refractivity contribution in [3.63, 3.8) is 0 Å². The minimum Gasteiger partial charge on any atom is -0.478 e. The molecule has 20 heavy (non-hydrogen) atoms. The van der Waals surface area contributed by atoms with E-state index in [9.17, 15) is 9.90 Å². The number of fused-ring (bicyclic) bond motifs is 1. The van der Waals surface area contributed by atoms with Gasteiger partial charge in [-0.1, -0.05) is 0 Å². The molecule has 0 radical (unpaired) electrons. The van der Waals surface area contributed by atoms with Crippen LogP contribution in [-0.2, 0) is 0 Å². The fraction of sp³-hybridized carbons (Fsp3) is 0.643. The molecule has 0 amide bonds. The molecule has 1 aromatic heterocycles. The third kappa shape index (κ3) is 2.35. The van der Waals surface area contributed by atoms with Gasteiger partial charge in [0.05, 0.1) is 6.20 Å². The van der Waals surface area contributed by atoms with Crippen molar-refractivity contribution < 1.29 is 9.90 Å². The van der Waals surface area contributed by atoms with Gasteiger partial charge in [0.1, 0.15) is 5.56 Å². The molecule has 2 aliphatic heterocycles. The first-order chi connectivity index (χ1) is 9.66. The number of nitrogens with zero attached hydrogens (tertiary/aromatic N) is 4. The Morgan fingerprint density at radius 1 is 1.40 bits per heavy atom. The van der Waals surface area contributed by atoms with Gasteiger partial charge in [-0.25, -0.2) is 4.79 Å². The van der Waals surface area contributed by atoms with Crippen molar-refractivity contribution >= 4 is 11.8 Å². The second-order valence-electron chi connectivity index (χ2n) is 5.76. The van der Waals surface area contributed by atoms with Crippen LogP contribution >= 0.6 is 0 Å². The molecule has 6 heteroatoms. The molecule has 6 nitrogen and oxygen atoms in total. The molecule has 3 rings (SSSR count). The van der Waals surface area contributed by atoms with Crippen LogP contribution < -0.4 is 4.90 Å². The number of anilines is 1. The van der Waals surface area contributed by atoms with E-state index in [1.54, 1.807) is 0 Å². The standard InChI is InChI=1S/C14H20N4O2/c1-17-7-2-3-10-9-18(8-5-12(10)17)13-11(14(19)20)4-6-15-16-13/h4,6,10,12H,2-3,5,7-9H2,1H3,(H,19,20). The van der Waals surface area contributed by atoms with E-state index < -0.39 is 5.97 Å². The van der Waals surface area contributed by atoms with Crippen LogP contribution in [0, 0.1) is 5.92 Å². The van der Waals surface area contributed by atoms with Crippen molar-refractivity contribution in [2.75, 3.05) is 31.6 Å². The summed E-state index contributed by atoms with van der Waals surface area (Å²) in [5.41, 5.74) is 0.252. The zero-order valence-corrected chi connectivity index (χ0v) is 11.7. The minimum atomic E-state index is -0.933. The summed E-state index contributed by atoms with van der Waals surface area (Å²) in [5, 5.41) is 17.2. The average molecular weight is 276 g/mol. The van der Waals surface area contributed by atoms with Crippen LogP contribution in [0.4, 0.5) is 5.82 Å². The topological polar surface area (TPSA) is 69.6 Å². The maximum atomic E-state index is 11.3. The number of carbonyl (C=O) groups is 1. The zero-order chi connectivity index (χ0) is 14.1. The number of carboxylic acid groups (broad SMARTS) is 1. The Morgan fingerprint density at radius 2 is 2.25 bits per heavy atom. The van der Waals surface area contributed by atoms with Crippen molar-refractivity contribution in [2.24, 2.45) is 5.92 Å². The van der Waals surface area contributed by atoms with Crippen molar-refractivity contribution in [1.82, 2.24) is 15.1 Å². The summed E-state index contributed by atoms with van der Waals surface area (Å²) in [4.78, 5) is 15.8. The molecular formula is C14H20N4O2. The summed E-state index contributed by atoms with van der Waals surface area (Å²) in [6, 6.07) is 2.16. The van der Waals surface area contributed by atoms with Gasteiger partial charge in [0.15, 0.2) is 5.82 Å². The molecule has 2 aliphatic rings. The van der Waals surface area contributed by atoms with E-state index in [2.05, 4.69) is 27.0 Å². The van der Waals surface area contributed by atoms with Crippen LogP contribution in [0.3, 0.4) is 0 Å². The predicted molar refractivity (Wildman–Crippen MR) is 75.0 cm³/mol. The first-order valence-corrected chi connectivity index (χ1v) is 7.17. The highest BCUT2D eigenvalue weighted by Gasteiger charge is 2.35. The number of likely N-dealkylation sites (tertiary alicyclic amines) is 1. The molecule has 2 unspecified atom stereocenters. The molecule has 1 aromatic rings. The number of aromatic carboxylic acids is 1. The molecule has 1 N–H and O–H groups in total. The summed E-state index contributed by atoms with van der Waals surface area (Å²) in [6.07, 6.45) is 4.94. The third-order valence-corrected chi connectivity index (χ3v) is 4.58. The Morgan fingerprint density at radius 3 is 3.05 bits per heavy atom. The Balaban J connectivity index is 1.81. The first kappa shape index (κ1) is 13.3. The molecule has 3 heterocycles. The monoisotopic (exact) mass is 276 g/mol. The highest BCUT2D eigenvalue weighted by molar-refractivity contribution is 5.93. The fourth-order valence-electron chi connectivity index (χ4n) is 3.57. The van der Waals surface area contributed by atoms with Crippen molar-refractivity contribution in [1.29, 1.82) is 0 Å². The van der Waals surface area contributed by atoms with Crippen LogP contribution in [0.1, 0.15) is 29.6 Å². The molecule has 2 atom stereocenters. The fourth-order valence-corrected chi connectivity index (χ4v) is 3.57. The van der Waals surface area contributed by atoms with Crippen molar-refractivity contribution in [3.05, 3.63) is 17.8 Å². The molecule has 0 spiro atoms. The largest absolute Gasteiger partial charge is 0.478 e. The molecule has 0 bridgehead atoms. The van der Waals surface area contributed by atoms with Gasteiger partial charge in [-0.3, -0.25) is 0 Å². The number of hydrogen-bond acceptors (Lipinski definition) is 5. The van der Waals surface area contributed by atoms with E-state index in [1.807, 2.05) is 0 Å². The molecule has 2 fully saturated rings. The molecule has 0 saturated carbocycles. The van der Waals surface area contributed by atoms with Crippen LogP contribution in [0.2, 0.25) is 0 Å². The highest BCUT2D eigenvalue weighted by Crippen LogP contribution is 2.32. The zero-order valence-electron chi connectivity index (χ0n) is 11.7. The van der Waals surface area contributed by atoms with Gasteiger partial charge in [-0.2, -0.15) is 5.10 Å². The van der Waals surface area contributed by atoms with Gasteiger partial charge in [0.2, 0.25) is 0 Å². The van der Waals surface area contributed by atoms with Gasteiger partial charge < -0.3 is 14.9 Å². The Hall–Kier alpha value is -1.69. The van der Waals surface area contributed by atoms with E-state index in [4.69, 9.17) is 0 Å². The second-order valence-corrected chi connectivity index (χ2v) is 5.76. The number of carboxylic acids is 1. The Kier molecular flexibility index (Phi) is 3.56. The summed E-state index contributed by atoms with van der Waals surface area (Å²) in [6.45, 7) is 2.91. The normalized spacial score (nSPS) is 27.1. The van der Waals surface area contributed by atoms with Crippen molar-refractivity contribution in [3.8, 4) is 0 Å². The molecule has 0 aliphatic carbocycles. The molecule has 0 aromatic carbocycles. The number of hydrogen-bond donors (Lipinski definition) is 1. The van der Waals surface area contributed by atoms with E-state index >= 15 is 0 Å². The molecule has 108 valence electrons. The second kappa shape index (κ2) is 5.36. The minimum absolute atomic E-state index is 0.252. The Bertz CT molecular complexity index is 508. The van der Waals surface area contributed by atoms with Crippen LogP contribution in [-0.4, -0.2) is 58.9 Å². The third-order valence-electron chi connectivity index (χ3n) is 4.58. The lowest BCUT2D eigenvalue weighted by Crippen LogP contribution is -2.53. The van der Waals surface area contributed by atoms with Gasteiger partial charge >= 0.3 is 5.97 Å². The predicted octanol–water partition coefficient (Wildman–Crippen LogP) is 1.10. The quantitative estimate of drug-likeness (QED) is 0.872. The number of piperidine rings is 2. The van der Waals surface area contributed by atoms with Crippen molar-refractivity contribution in [2.45, 2.75) is 25.3 Å². The lowest BCUT2D eigenvalue weighted by molar-refractivity contribution is 0.0695. The van der Waals surface area contributed by atoms with Gasteiger partial charge in [-0.15, -0.1) is 5.10 Å². The summed E-state index contributed by atoms with van der Waals surface area (Å²) >= 11 is 0. The van der Waals surface area contributed by atoms with Gasteiger partial charge in [-0.05, 0) is 44.8 Å². The lowest BCUT2D eigenvalue weighted by atomic mass is 9.84. The van der Waals surface area contributed by atoms with Gasteiger partial charge in [0.25, 0.3) is 0 Å². The summed E-state index contributed by atoms with van der Waals surface area (Å²) < 4.78 is 0. The SMILES string of the molecule is CN1CCCC2CN(c3nnccc3C(=O)O)CCC21. The summed E-state index contributed by atoms with van der Waals surface area (Å²) in [5.74, 6) is 0.190. The maximum absolute atomic E-state index is 11.3. The van der Waals surface area contributed by atoms with E-state index in [0.717, 1.165) is 19.5 Å². The summed E-state index contributed by atoms with van der Waals surface area (Å²) in [7, 11) is 2.19. The highest BCUT2D eigenvalue weighted by atomic mass is 16.4. The molecule has 2 saturated heterocycles.